The summed E-state index contributed by atoms with van der Waals surface area (Å²) in [6, 6.07) is 5.99. The van der Waals surface area contributed by atoms with Gasteiger partial charge in [-0.25, -0.2) is 14.1 Å². The quantitative estimate of drug-likeness (QED) is 0.804. The first kappa shape index (κ1) is 19.0. The van der Waals surface area contributed by atoms with Crippen LogP contribution in [0.3, 0.4) is 0 Å². The molecule has 2 amide bonds. The molecule has 1 saturated heterocycles. The Morgan fingerprint density at radius 1 is 1.41 bits per heavy atom. The van der Waals surface area contributed by atoms with Crippen molar-refractivity contribution in [2.75, 3.05) is 26.8 Å². The van der Waals surface area contributed by atoms with Crippen LogP contribution in [0.5, 0.6) is 0 Å². The van der Waals surface area contributed by atoms with Crippen molar-refractivity contribution in [3.05, 3.63) is 41.7 Å². The summed E-state index contributed by atoms with van der Waals surface area (Å²) in [6.45, 7) is 1.14. The third-order valence-electron chi connectivity index (χ3n) is 4.47. The summed E-state index contributed by atoms with van der Waals surface area (Å²) in [5.41, 5.74) is 5.77. The van der Waals surface area contributed by atoms with Gasteiger partial charge in [-0.1, -0.05) is 6.07 Å². The molecule has 0 spiro atoms. The van der Waals surface area contributed by atoms with E-state index < -0.39 is 11.7 Å². The normalized spacial score (nSPS) is 17.1. The molecule has 2 N–H and O–H groups in total. The first-order chi connectivity index (χ1) is 13.0. The Morgan fingerprint density at radius 2 is 2.22 bits per heavy atom. The van der Waals surface area contributed by atoms with Gasteiger partial charge < -0.3 is 15.4 Å². The Labute approximate surface area is 156 Å². The molecule has 2 aromatic rings. The van der Waals surface area contributed by atoms with Crippen LogP contribution in [0.4, 0.5) is 4.39 Å². The highest BCUT2D eigenvalue weighted by Gasteiger charge is 2.29. The van der Waals surface area contributed by atoms with Crippen LogP contribution in [-0.4, -0.2) is 58.3 Å². The van der Waals surface area contributed by atoms with Crippen LogP contribution in [0.15, 0.2) is 24.3 Å². The van der Waals surface area contributed by atoms with Gasteiger partial charge >= 0.3 is 0 Å². The molecule has 2 heterocycles. The van der Waals surface area contributed by atoms with Crippen molar-refractivity contribution in [1.82, 2.24) is 19.7 Å². The minimum Gasteiger partial charge on any atom is -0.375 e. The van der Waals surface area contributed by atoms with Crippen molar-refractivity contribution in [3.63, 3.8) is 0 Å². The van der Waals surface area contributed by atoms with Gasteiger partial charge in [-0.3, -0.25) is 9.59 Å². The number of carbonyl (C=O) groups is 2. The lowest BCUT2D eigenvalue weighted by atomic mass is 9.97. The molecule has 0 bridgehead atoms. The topological polar surface area (TPSA) is 103 Å². The molecule has 0 radical (unpaired) electrons. The number of benzene rings is 1. The number of nitrogens with zero attached hydrogens (tertiary/aromatic N) is 4. The lowest BCUT2D eigenvalue weighted by Crippen LogP contribution is -2.41. The van der Waals surface area contributed by atoms with Crippen molar-refractivity contribution in [2.45, 2.75) is 25.2 Å². The van der Waals surface area contributed by atoms with Gasteiger partial charge in [-0.2, -0.15) is 5.10 Å². The number of methoxy groups -OCH3 is 1. The molecule has 1 aliphatic rings. The fraction of sp³-hybridized carbons (Fsp3) is 0.444. The molecule has 9 heteroatoms. The van der Waals surface area contributed by atoms with Crippen molar-refractivity contribution in [1.29, 1.82) is 0 Å². The van der Waals surface area contributed by atoms with Crippen LogP contribution >= 0.6 is 0 Å². The molecule has 0 unspecified atom stereocenters. The van der Waals surface area contributed by atoms with E-state index in [9.17, 15) is 14.0 Å². The monoisotopic (exact) mass is 375 g/mol. The lowest BCUT2D eigenvalue weighted by molar-refractivity contribution is -0.136. The van der Waals surface area contributed by atoms with Gasteiger partial charge in [-0.05, 0) is 31.0 Å². The molecule has 1 fully saturated rings. The summed E-state index contributed by atoms with van der Waals surface area (Å²) in [5.74, 6) is -0.244. The standard InChI is InChI=1S/C18H22FN5O3/c1-27-11-17(26)23-7-3-4-12(10-23)18-21-16(9-15(20)25)22-24(18)14-6-2-5-13(19)8-14/h2,5-6,8,12H,3-4,7,9-11H2,1H3,(H2,20,25)/t12-/m1/s1. The summed E-state index contributed by atoms with van der Waals surface area (Å²) in [5, 5.41) is 4.35. The van der Waals surface area contributed by atoms with Gasteiger partial charge in [0.05, 0.1) is 12.1 Å². The Balaban J connectivity index is 1.94. The Morgan fingerprint density at radius 3 is 2.93 bits per heavy atom. The van der Waals surface area contributed by atoms with Gasteiger partial charge in [0, 0.05) is 26.1 Å². The van der Waals surface area contributed by atoms with E-state index in [0.29, 0.717) is 24.6 Å². The molecule has 144 valence electrons. The number of hydrogen-bond donors (Lipinski definition) is 1. The molecular formula is C18H22FN5O3. The first-order valence-corrected chi connectivity index (χ1v) is 8.74. The zero-order valence-electron chi connectivity index (χ0n) is 15.1. The maximum absolute atomic E-state index is 13.7. The second-order valence-corrected chi connectivity index (χ2v) is 6.53. The zero-order valence-corrected chi connectivity index (χ0v) is 15.1. The Hall–Kier alpha value is -2.81. The summed E-state index contributed by atoms with van der Waals surface area (Å²) >= 11 is 0. The van der Waals surface area contributed by atoms with E-state index >= 15 is 0 Å². The summed E-state index contributed by atoms with van der Waals surface area (Å²) in [7, 11) is 1.48. The van der Waals surface area contributed by atoms with Crippen LogP contribution in [0, 0.1) is 5.82 Å². The Kier molecular flexibility index (Phi) is 5.80. The van der Waals surface area contributed by atoms with Crippen molar-refractivity contribution >= 4 is 11.8 Å². The van der Waals surface area contributed by atoms with Crippen LogP contribution in [0.2, 0.25) is 0 Å². The van der Waals surface area contributed by atoms with E-state index in [2.05, 4.69) is 10.1 Å². The van der Waals surface area contributed by atoms with Gasteiger partial charge in [0.1, 0.15) is 18.2 Å². The van der Waals surface area contributed by atoms with E-state index in [1.807, 2.05) is 0 Å². The molecule has 1 atom stereocenters. The van der Waals surface area contributed by atoms with Crippen LogP contribution in [-0.2, 0) is 20.7 Å². The third kappa shape index (κ3) is 4.48. The van der Waals surface area contributed by atoms with Gasteiger partial charge in [0.2, 0.25) is 11.8 Å². The molecule has 27 heavy (non-hydrogen) atoms. The van der Waals surface area contributed by atoms with E-state index in [4.69, 9.17) is 10.5 Å². The average molecular weight is 375 g/mol. The number of carbonyl (C=O) groups excluding carboxylic acids is 2. The number of aromatic nitrogens is 3. The summed E-state index contributed by atoms with van der Waals surface area (Å²) < 4.78 is 20.2. The molecule has 0 aliphatic carbocycles. The van der Waals surface area contributed by atoms with Crippen molar-refractivity contribution < 1.29 is 18.7 Å². The molecule has 8 nitrogen and oxygen atoms in total. The van der Waals surface area contributed by atoms with Gasteiger partial charge in [0.15, 0.2) is 5.82 Å². The second kappa shape index (κ2) is 8.26. The number of piperidine rings is 1. The number of primary amides is 1. The number of hydrogen-bond acceptors (Lipinski definition) is 5. The minimum absolute atomic E-state index is 0.0240. The largest absolute Gasteiger partial charge is 0.375 e. The highest BCUT2D eigenvalue weighted by Crippen LogP contribution is 2.28. The molecule has 1 aromatic heterocycles. The maximum Gasteiger partial charge on any atom is 0.248 e. The van der Waals surface area contributed by atoms with Gasteiger partial charge in [-0.15, -0.1) is 0 Å². The van der Waals surface area contributed by atoms with E-state index in [0.717, 1.165) is 12.8 Å². The molecule has 1 aliphatic heterocycles. The highest BCUT2D eigenvalue weighted by atomic mass is 19.1. The lowest BCUT2D eigenvalue weighted by Gasteiger charge is -2.32. The van der Waals surface area contributed by atoms with E-state index in [1.165, 1.54) is 23.9 Å². The highest BCUT2D eigenvalue weighted by molar-refractivity contribution is 5.77. The van der Waals surface area contributed by atoms with Crippen molar-refractivity contribution in [3.8, 4) is 5.69 Å². The van der Waals surface area contributed by atoms with Crippen LogP contribution < -0.4 is 5.73 Å². The number of amides is 2. The predicted molar refractivity (Wildman–Crippen MR) is 94.6 cm³/mol. The molecule has 0 saturated carbocycles. The Bertz CT molecular complexity index is 838. The molecule has 1 aromatic carbocycles. The average Bonchev–Trinajstić information content (AvgIpc) is 3.05. The fourth-order valence-corrected chi connectivity index (χ4v) is 3.29. The molecule has 3 rings (SSSR count). The van der Waals surface area contributed by atoms with Crippen LogP contribution in [0.25, 0.3) is 5.69 Å². The minimum atomic E-state index is -0.543. The number of halogens is 1. The van der Waals surface area contributed by atoms with E-state index in [1.54, 1.807) is 17.0 Å². The zero-order chi connectivity index (χ0) is 19.4. The SMILES string of the molecule is COCC(=O)N1CCC[C@@H](c2nc(CC(N)=O)nn2-c2cccc(F)c2)C1. The summed E-state index contributed by atoms with van der Waals surface area (Å²) in [6.07, 6.45) is 1.51. The van der Waals surface area contributed by atoms with Crippen LogP contribution in [0.1, 0.15) is 30.4 Å². The van der Waals surface area contributed by atoms with Crippen molar-refractivity contribution in [2.24, 2.45) is 5.73 Å². The first-order valence-electron chi connectivity index (χ1n) is 8.74. The smallest absolute Gasteiger partial charge is 0.248 e. The predicted octanol–water partition coefficient (Wildman–Crippen LogP) is 0.787. The second-order valence-electron chi connectivity index (χ2n) is 6.53. The fourth-order valence-electron chi connectivity index (χ4n) is 3.29. The number of rotatable bonds is 6. The number of ether oxygens (including phenoxy) is 1. The van der Waals surface area contributed by atoms with Gasteiger partial charge in [0.25, 0.3) is 0 Å². The number of nitrogens with two attached hydrogens (primary N) is 1. The third-order valence-corrected chi connectivity index (χ3v) is 4.47. The number of likely N-dealkylation sites (tertiary alicyclic amines) is 1. The maximum atomic E-state index is 13.7. The van der Waals surface area contributed by atoms with E-state index in [-0.39, 0.29) is 30.7 Å². The molecular weight excluding hydrogens is 353 g/mol. The summed E-state index contributed by atoms with van der Waals surface area (Å²) in [4.78, 5) is 29.7.